The molecule has 5 heteroatoms. The molecule has 0 saturated carbocycles. The van der Waals surface area contributed by atoms with E-state index in [1.807, 2.05) is 13.0 Å². The van der Waals surface area contributed by atoms with Gasteiger partial charge < -0.3 is 11.1 Å². The summed E-state index contributed by atoms with van der Waals surface area (Å²) in [6.07, 6.45) is 3.45. The van der Waals surface area contributed by atoms with Crippen LogP contribution in [0.4, 0.5) is 0 Å². The van der Waals surface area contributed by atoms with Crippen molar-refractivity contribution in [2.45, 2.75) is 13.0 Å². The molecule has 0 saturated heterocycles. The van der Waals surface area contributed by atoms with Crippen LogP contribution in [0, 0.1) is 11.8 Å². The average molecular weight is 268 g/mol. The van der Waals surface area contributed by atoms with Crippen LogP contribution in [-0.2, 0) is 0 Å². The molecule has 0 aliphatic carbocycles. The van der Waals surface area contributed by atoms with Crippen molar-refractivity contribution in [1.82, 2.24) is 15.5 Å². The lowest BCUT2D eigenvalue weighted by Crippen LogP contribution is -2.26. The maximum Gasteiger partial charge on any atom is 0.251 e. The Hall–Kier alpha value is -2.58. The zero-order chi connectivity index (χ0) is 14.4. The van der Waals surface area contributed by atoms with Gasteiger partial charge in [-0.15, -0.1) is 0 Å². The van der Waals surface area contributed by atoms with Crippen LogP contribution in [0.1, 0.15) is 34.5 Å². The minimum absolute atomic E-state index is 0.111. The molecule has 0 radical (unpaired) electrons. The standard InChI is InChI=1S/C15H16N4O/c1-11(14-9-17-18-10-14)19-15(20)13-6-2-4-12(8-13)5-3-7-16/h2,4,6,8-11H,7,16H2,1H3,(H,17,18)(H,19,20). The van der Waals surface area contributed by atoms with Gasteiger partial charge in [0, 0.05) is 22.9 Å². The van der Waals surface area contributed by atoms with Gasteiger partial charge in [-0.25, -0.2) is 0 Å². The van der Waals surface area contributed by atoms with Crippen LogP contribution in [0.25, 0.3) is 0 Å². The number of carbonyl (C=O) groups is 1. The van der Waals surface area contributed by atoms with Crippen LogP contribution >= 0.6 is 0 Å². The highest BCUT2D eigenvalue weighted by molar-refractivity contribution is 5.94. The zero-order valence-corrected chi connectivity index (χ0v) is 11.2. The molecular formula is C15H16N4O. The van der Waals surface area contributed by atoms with Crippen LogP contribution < -0.4 is 11.1 Å². The maximum absolute atomic E-state index is 12.2. The number of carbonyl (C=O) groups excluding carboxylic acids is 1. The second-order valence-corrected chi connectivity index (χ2v) is 4.31. The second-order valence-electron chi connectivity index (χ2n) is 4.31. The van der Waals surface area contributed by atoms with E-state index in [1.54, 1.807) is 30.6 Å². The van der Waals surface area contributed by atoms with Gasteiger partial charge >= 0.3 is 0 Å². The Balaban J connectivity index is 2.09. The van der Waals surface area contributed by atoms with E-state index in [4.69, 9.17) is 5.73 Å². The molecular weight excluding hydrogens is 252 g/mol. The van der Waals surface area contributed by atoms with Crippen LogP contribution in [-0.4, -0.2) is 22.6 Å². The number of aromatic amines is 1. The predicted octanol–water partition coefficient (Wildman–Crippen LogP) is 1.21. The number of benzene rings is 1. The maximum atomic E-state index is 12.2. The number of hydrogen-bond acceptors (Lipinski definition) is 3. The number of H-pyrrole nitrogens is 1. The summed E-state index contributed by atoms with van der Waals surface area (Å²) in [7, 11) is 0. The van der Waals surface area contributed by atoms with E-state index < -0.39 is 0 Å². The summed E-state index contributed by atoms with van der Waals surface area (Å²) in [6.45, 7) is 2.20. The Morgan fingerprint density at radius 1 is 1.55 bits per heavy atom. The van der Waals surface area contributed by atoms with Crippen LogP contribution in [0.5, 0.6) is 0 Å². The molecule has 1 aromatic heterocycles. The summed E-state index contributed by atoms with van der Waals surface area (Å²) in [5, 5.41) is 9.50. The topological polar surface area (TPSA) is 83.8 Å². The molecule has 1 aromatic carbocycles. The van der Waals surface area contributed by atoms with Crippen molar-refractivity contribution in [2.24, 2.45) is 5.73 Å². The molecule has 20 heavy (non-hydrogen) atoms. The lowest BCUT2D eigenvalue weighted by atomic mass is 10.1. The summed E-state index contributed by atoms with van der Waals surface area (Å²) in [6, 6.07) is 7.04. The number of nitrogens with two attached hydrogens (primary N) is 1. The predicted molar refractivity (Wildman–Crippen MR) is 76.8 cm³/mol. The van der Waals surface area contributed by atoms with Crippen molar-refractivity contribution in [3.8, 4) is 11.8 Å². The molecule has 2 aromatic rings. The van der Waals surface area contributed by atoms with Crippen molar-refractivity contribution in [1.29, 1.82) is 0 Å². The Morgan fingerprint density at radius 3 is 3.10 bits per heavy atom. The summed E-state index contributed by atoms with van der Waals surface area (Å²) < 4.78 is 0. The van der Waals surface area contributed by atoms with Gasteiger partial charge in [0.15, 0.2) is 0 Å². The molecule has 102 valence electrons. The van der Waals surface area contributed by atoms with Gasteiger partial charge in [-0.05, 0) is 25.1 Å². The lowest BCUT2D eigenvalue weighted by Gasteiger charge is -2.12. The van der Waals surface area contributed by atoms with Gasteiger partial charge in [0.05, 0.1) is 18.8 Å². The quantitative estimate of drug-likeness (QED) is 0.732. The summed E-state index contributed by atoms with van der Waals surface area (Å²) in [5.74, 6) is 5.53. The van der Waals surface area contributed by atoms with Gasteiger partial charge in [0.25, 0.3) is 5.91 Å². The molecule has 0 bridgehead atoms. The van der Waals surface area contributed by atoms with Gasteiger partial charge in [-0.1, -0.05) is 17.9 Å². The minimum atomic E-state index is -0.143. The van der Waals surface area contributed by atoms with E-state index in [9.17, 15) is 4.79 Å². The number of amides is 1. The Kier molecular flexibility index (Phi) is 4.53. The highest BCUT2D eigenvalue weighted by Crippen LogP contribution is 2.11. The third-order valence-corrected chi connectivity index (χ3v) is 2.83. The first-order valence-electron chi connectivity index (χ1n) is 6.29. The summed E-state index contributed by atoms with van der Waals surface area (Å²) >= 11 is 0. The number of aromatic nitrogens is 2. The largest absolute Gasteiger partial charge is 0.345 e. The van der Waals surface area contributed by atoms with Crippen molar-refractivity contribution < 1.29 is 4.79 Å². The van der Waals surface area contributed by atoms with Crippen molar-refractivity contribution in [3.05, 3.63) is 53.3 Å². The van der Waals surface area contributed by atoms with Gasteiger partial charge in [0.2, 0.25) is 0 Å². The van der Waals surface area contributed by atoms with E-state index in [-0.39, 0.29) is 11.9 Å². The first-order chi connectivity index (χ1) is 9.70. The SMILES string of the molecule is CC(NC(=O)c1cccc(C#CCN)c1)c1cn[nH]c1. The Labute approximate surface area is 117 Å². The van der Waals surface area contributed by atoms with Crippen LogP contribution in [0.2, 0.25) is 0 Å². The first kappa shape index (κ1) is 13.8. The van der Waals surface area contributed by atoms with E-state index in [0.29, 0.717) is 12.1 Å². The highest BCUT2D eigenvalue weighted by Gasteiger charge is 2.12. The van der Waals surface area contributed by atoms with Gasteiger partial charge in [0.1, 0.15) is 0 Å². The monoisotopic (exact) mass is 268 g/mol. The molecule has 1 unspecified atom stereocenters. The van der Waals surface area contributed by atoms with Gasteiger partial charge in [-0.2, -0.15) is 5.10 Å². The molecule has 0 aliphatic rings. The number of hydrogen-bond donors (Lipinski definition) is 3. The fraction of sp³-hybridized carbons (Fsp3) is 0.200. The molecule has 1 atom stereocenters. The molecule has 1 heterocycles. The van der Waals surface area contributed by atoms with E-state index in [0.717, 1.165) is 11.1 Å². The fourth-order valence-electron chi connectivity index (χ4n) is 1.75. The highest BCUT2D eigenvalue weighted by atomic mass is 16.1. The third-order valence-electron chi connectivity index (χ3n) is 2.83. The molecule has 0 fully saturated rings. The van der Waals surface area contributed by atoms with E-state index in [2.05, 4.69) is 27.4 Å². The zero-order valence-electron chi connectivity index (χ0n) is 11.2. The number of rotatable bonds is 3. The molecule has 0 spiro atoms. The lowest BCUT2D eigenvalue weighted by molar-refractivity contribution is 0.0940. The fourth-order valence-corrected chi connectivity index (χ4v) is 1.75. The second kappa shape index (κ2) is 6.55. The van der Waals surface area contributed by atoms with E-state index in [1.165, 1.54) is 0 Å². The Morgan fingerprint density at radius 2 is 2.40 bits per heavy atom. The normalized spacial score (nSPS) is 11.3. The smallest absolute Gasteiger partial charge is 0.251 e. The average Bonchev–Trinajstić information content (AvgIpc) is 2.99. The Bertz CT molecular complexity index is 637. The van der Waals surface area contributed by atoms with Crippen molar-refractivity contribution in [2.75, 3.05) is 6.54 Å². The molecule has 4 N–H and O–H groups in total. The van der Waals surface area contributed by atoms with Gasteiger partial charge in [-0.3, -0.25) is 9.89 Å². The first-order valence-corrected chi connectivity index (χ1v) is 6.29. The van der Waals surface area contributed by atoms with Crippen LogP contribution in [0.15, 0.2) is 36.7 Å². The third kappa shape index (κ3) is 3.46. The molecule has 1 amide bonds. The minimum Gasteiger partial charge on any atom is -0.345 e. The van der Waals surface area contributed by atoms with Crippen LogP contribution in [0.3, 0.4) is 0 Å². The number of nitrogens with one attached hydrogen (secondary N) is 2. The summed E-state index contributed by atoms with van der Waals surface area (Å²) in [5.41, 5.74) is 7.61. The molecule has 0 aliphatic heterocycles. The summed E-state index contributed by atoms with van der Waals surface area (Å²) in [4.78, 5) is 12.2. The van der Waals surface area contributed by atoms with Crippen molar-refractivity contribution >= 4 is 5.91 Å². The van der Waals surface area contributed by atoms with Crippen molar-refractivity contribution in [3.63, 3.8) is 0 Å². The molecule has 5 nitrogen and oxygen atoms in total. The van der Waals surface area contributed by atoms with E-state index >= 15 is 0 Å². The molecule has 2 rings (SSSR count). The number of nitrogens with zero attached hydrogens (tertiary/aromatic N) is 1.